The van der Waals surface area contributed by atoms with Gasteiger partial charge in [-0.15, -0.1) is 0 Å². The quantitative estimate of drug-likeness (QED) is 0.767. The molecule has 1 aliphatic heterocycles. The van der Waals surface area contributed by atoms with E-state index >= 15 is 0 Å². The third-order valence-electron chi connectivity index (χ3n) is 4.74. The highest BCUT2D eigenvalue weighted by molar-refractivity contribution is 5.86. The van der Waals surface area contributed by atoms with Crippen LogP contribution in [0.4, 0.5) is 4.79 Å². The zero-order chi connectivity index (χ0) is 18.7. The fraction of sp³-hybridized carbons (Fsp3) is 0.421. The van der Waals surface area contributed by atoms with E-state index in [9.17, 15) is 9.59 Å². The summed E-state index contributed by atoms with van der Waals surface area (Å²) in [6.45, 7) is 4.28. The number of carbonyl (C=O) groups is 2. The van der Waals surface area contributed by atoms with E-state index < -0.39 is 12.1 Å². The summed E-state index contributed by atoms with van der Waals surface area (Å²) in [7, 11) is 0. The summed E-state index contributed by atoms with van der Waals surface area (Å²) in [6, 6.07) is 8.98. The van der Waals surface area contributed by atoms with Crippen LogP contribution in [-0.4, -0.2) is 44.6 Å². The average molecular weight is 356 g/mol. The minimum Gasteiger partial charge on any atom is -0.465 e. The van der Waals surface area contributed by atoms with Crippen LogP contribution in [0.1, 0.15) is 38.6 Å². The third-order valence-corrected chi connectivity index (χ3v) is 4.74. The molecule has 2 amide bonds. The van der Waals surface area contributed by atoms with E-state index in [0.29, 0.717) is 6.54 Å². The Hall–Kier alpha value is -2.83. The molecule has 1 saturated heterocycles. The SMILES string of the molecule is CC(C)[C@H](NC(=O)O)C(=O)N1CCC[C@H]1c1ncc(-c2ccccc2)[nH]1. The number of amides is 2. The highest BCUT2D eigenvalue weighted by atomic mass is 16.4. The van der Waals surface area contributed by atoms with Crippen molar-refractivity contribution in [3.63, 3.8) is 0 Å². The van der Waals surface area contributed by atoms with Gasteiger partial charge in [0.1, 0.15) is 11.9 Å². The minimum atomic E-state index is -1.18. The van der Waals surface area contributed by atoms with Gasteiger partial charge >= 0.3 is 6.09 Å². The normalized spacial score (nSPS) is 18.1. The van der Waals surface area contributed by atoms with Gasteiger partial charge in [-0.05, 0) is 24.3 Å². The second kappa shape index (κ2) is 7.59. The maximum absolute atomic E-state index is 12.9. The Morgan fingerprint density at radius 3 is 2.69 bits per heavy atom. The predicted molar refractivity (Wildman–Crippen MR) is 97.5 cm³/mol. The number of benzene rings is 1. The first-order valence-electron chi connectivity index (χ1n) is 8.87. The second-order valence-corrected chi connectivity index (χ2v) is 6.91. The summed E-state index contributed by atoms with van der Waals surface area (Å²) >= 11 is 0. The number of hydrogen-bond donors (Lipinski definition) is 3. The van der Waals surface area contributed by atoms with Gasteiger partial charge < -0.3 is 20.3 Å². The van der Waals surface area contributed by atoms with Crippen molar-refractivity contribution in [3.05, 3.63) is 42.4 Å². The molecular weight excluding hydrogens is 332 g/mol. The monoisotopic (exact) mass is 356 g/mol. The van der Waals surface area contributed by atoms with E-state index in [0.717, 1.165) is 29.9 Å². The van der Waals surface area contributed by atoms with E-state index in [1.165, 1.54) is 0 Å². The first-order valence-corrected chi connectivity index (χ1v) is 8.87. The van der Waals surface area contributed by atoms with E-state index in [4.69, 9.17) is 5.11 Å². The Bertz CT molecular complexity index is 772. The Labute approximate surface area is 152 Å². The molecule has 7 nitrogen and oxygen atoms in total. The van der Waals surface area contributed by atoms with E-state index in [1.807, 2.05) is 44.2 Å². The smallest absolute Gasteiger partial charge is 0.405 e. The molecule has 1 aromatic carbocycles. The van der Waals surface area contributed by atoms with Gasteiger partial charge in [-0.1, -0.05) is 44.2 Å². The maximum Gasteiger partial charge on any atom is 0.405 e. The lowest BCUT2D eigenvalue weighted by Gasteiger charge is -2.29. The van der Waals surface area contributed by atoms with Crippen molar-refractivity contribution in [1.29, 1.82) is 0 Å². The summed E-state index contributed by atoms with van der Waals surface area (Å²) in [5.74, 6) is 0.423. The topological polar surface area (TPSA) is 98.3 Å². The highest BCUT2D eigenvalue weighted by Gasteiger charge is 2.37. The molecule has 7 heteroatoms. The van der Waals surface area contributed by atoms with Crippen molar-refractivity contribution in [2.24, 2.45) is 5.92 Å². The maximum atomic E-state index is 12.9. The van der Waals surface area contributed by atoms with Crippen LogP contribution in [0.3, 0.4) is 0 Å². The number of carboxylic acid groups (broad SMARTS) is 1. The molecule has 3 rings (SSSR count). The van der Waals surface area contributed by atoms with Crippen molar-refractivity contribution in [1.82, 2.24) is 20.2 Å². The van der Waals surface area contributed by atoms with Gasteiger partial charge in [0.05, 0.1) is 17.9 Å². The first-order chi connectivity index (χ1) is 12.5. The average Bonchev–Trinajstić information content (AvgIpc) is 3.28. The Morgan fingerprint density at radius 1 is 1.31 bits per heavy atom. The van der Waals surface area contributed by atoms with Gasteiger partial charge in [0.2, 0.25) is 5.91 Å². The van der Waals surface area contributed by atoms with Crippen molar-refractivity contribution in [2.75, 3.05) is 6.54 Å². The molecule has 2 atom stereocenters. The number of rotatable bonds is 5. The van der Waals surface area contributed by atoms with Crippen LogP contribution in [0.5, 0.6) is 0 Å². The number of carbonyl (C=O) groups excluding carboxylic acids is 1. The van der Waals surface area contributed by atoms with Crippen molar-refractivity contribution in [2.45, 2.75) is 38.8 Å². The number of aromatic nitrogens is 2. The van der Waals surface area contributed by atoms with Gasteiger partial charge in [0, 0.05) is 6.54 Å². The lowest BCUT2D eigenvalue weighted by Crippen LogP contribution is -2.50. The molecule has 0 aliphatic carbocycles. The van der Waals surface area contributed by atoms with Crippen LogP contribution < -0.4 is 5.32 Å². The molecule has 1 fully saturated rings. The first kappa shape index (κ1) is 18.0. The van der Waals surface area contributed by atoms with Crippen LogP contribution in [0.25, 0.3) is 11.3 Å². The fourth-order valence-corrected chi connectivity index (χ4v) is 3.41. The molecule has 0 radical (unpaired) electrons. The molecule has 26 heavy (non-hydrogen) atoms. The molecule has 0 unspecified atom stereocenters. The van der Waals surface area contributed by atoms with Crippen molar-refractivity contribution >= 4 is 12.0 Å². The third kappa shape index (κ3) is 3.71. The summed E-state index contributed by atoms with van der Waals surface area (Å²) in [6.07, 6.45) is 2.28. The molecule has 1 aliphatic rings. The molecule has 0 saturated carbocycles. The van der Waals surface area contributed by atoms with E-state index in [1.54, 1.807) is 11.1 Å². The summed E-state index contributed by atoms with van der Waals surface area (Å²) in [5.41, 5.74) is 1.94. The number of nitrogens with one attached hydrogen (secondary N) is 2. The van der Waals surface area contributed by atoms with Gasteiger partial charge in [-0.3, -0.25) is 4.79 Å². The van der Waals surface area contributed by atoms with Gasteiger partial charge in [-0.25, -0.2) is 9.78 Å². The predicted octanol–water partition coefficient (Wildman–Crippen LogP) is 3.03. The zero-order valence-electron chi connectivity index (χ0n) is 15.0. The number of nitrogens with zero attached hydrogens (tertiary/aromatic N) is 2. The standard InChI is InChI=1S/C19H24N4O3/c1-12(2)16(22-19(25)26)18(24)23-10-6-9-15(23)17-20-11-14(21-17)13-7-4-3-5-8-13/h3-5,7-8,11-12,15-16,22H,6,9-10H2,1-2H3,(H,20,21)(H,25,26)/t15-,16-/m0/s1. The number of hydrogen-bond acceptors (Lipinski definition) is 3. The largest absolute Gasteiger partial charge is 0.465 e. The highest BCUT2D eigenvalue weighted by Crippen LogP contribution is 2.32. The molecule has 2 heterocycles. The molecule has 3 N–H and O–H groups in total. The number of H-pyrrole nitrogens is 1. The molecule has 0 spiro atoms. The van der Waals surface area contributed by atoms with Crippen LogP contribution >= 0.6 is 0 Å². The number of imidazole rings is 1. The Balaban J connectivity index is 1.81. The van der Waals surface area contributed by atoms with E-state index in [2.05, 4.69) is 15.3 Å². The van der Waals surface area contributed by atoms with Crippen LogP contribution in [-0.2, 0) is 4.79 Å². The van der Waals surface area contributed by atoms with Crippen molar-refractivity contribution < 1.29 is 14.7 Å². The minimum absolute atomic E-state index is 0.128. The van der Waals surface area contributed by atoms with Crippen LogP contribution in [0.2, 0.25) is 0 Å². The van der Waals surface area contributed by atoms with Crippen LogP contribution in [0.15, 0.2) is 36.5 Å². The Morgan fingerprint density at radius 2 is 2.04 bits per heavy atom. The number of likely N-dealkylation sites (tertiary alicyclic amines) is 1. The van der Waals surface area contributed by atoms with Crippen molar-refractivity contribution in [3.8, 4) is 11.3 Å². The molecule has 1 aromatic heterocycles. The zero-order valence-corrected chi connectivity index (χ0v) is 15.0. The molecular formula is C19H24N4O3. The lowest BCUT2D eigenvalue weighted by atomic mass is 10.0. The van der Waals surface area contributed by atoms with Gasteiger partial charge in [-0.2, -0.15) is 0 Å². The lowest BCUT2D eigenvalue weighted by molar-refractivity contribution is -0.135. The van der Waals surface area contributed by atoms with Gasteiger partial charge in [0.15, 0.2) is 0 Å². The number of aromatic amines is 1. The fourth-order valence-electron chi connectivity index (χ4n) is 3.41. The summed E-state index contributed by atoms with van der Waals surface area (Å²) in [4.78, 5) is 33.5. The van der Waals surface area contributed by atoms with E-state index in [-0.39, 0.29) is 17.9 Å². The molecule has 138 valence electrons. The van der Waals surface area contributed by atoms with Crippen LogP contribution in [0, 0.1) is 5.92 Å². The summed E-state index contributed by atoms with van der Waals surface area (Å²) in [5, 5.41) is 11.4. The molecule has 0 bridgehead atoms. The van der Waals surface area contributed by atoms with Gasteiger partial charge in [0.25, 0.3) is 0 Å². The second-order valence-electron chi connectivity index (χ2n) is 6.91. The molecule has 2 aromatic rings. The summed E-state index contributed by atoms with van der Waals surface area (Å²) < 4.78 is 0. The Kier molecular flexibility index (Phi) is 5.25.